The second kappa shape index (κ2) is 7.65. The minimum atomic E-state index is -0.365. The molecule has 0 radical (unpaired) electrons. The summed E-state index contributed by atoms with van der Waals surface area (Å²) in [5, 5.41) is 6.60. The maximum atomic E-state index is 12.2. The standard InChI is InChI=1S/C20H16N4O3/c25-19(16-13-26-20(22-16)15-9-5-2-6-10-15)21-12-17-23-18(27-24-17)11-14-7-3-1-4-8-14/h1-10,13H,11-12H2,(H,21,25). The van der Waals surface area contributed by atoms with E-state index in [1.54, 1.807) is 0 Å². The molecule has 7 nitrogen and oxygen atoms in total. The molecule has 0 atom stereocenters. The van der Waals surface area contributed by atoms with Gasteiger partial charge in [0.2, 0.25) is 11.8 Å². The van der Waals surface area contributed by atoms with Gasteiger partial charge in [-0.3, -0.25) is 4.79 Å². The molecule has 4 rings (SSSR count). The van der Waals surface area contributed by atoms with Gasteiger partial charge in [-0.1, -0.05) is 53.7 Å². The van der Waals surface area contributed by atoms with Crippen LogP contribution in [0.5, 0.6) is 0 Å². The Hall–Kier alpha value is -3.74. The fourth-order valence-electron chi connectivity index (χ4n) is 2.55. The number of nitrogens with zero attached hydrogens (tertiary/aromatic N) is 3. The molecule has 0 saturated heterocycles. The van der Waals surface area contributed by atoms with Crippen LogP contribution in [0.25, 0.3) is 11.5 Å². The molecular formula is C20H16N4O3. The van der Waals surface area contributed by atoms with Crippen LogP contribution in [0.15, 0.2) is 75.9 Å². The zero-order chi connectivity index (χ0) is 18.5. The Morgan fingerprint density at radius 1 is 0.963 bits per heavy atom. The van der Waals surface area contributed by atoms with Crippen molar-refractivity contribution in [2.45, 2.75) is 13.0 Å². The van der Waals surface area contributed by atoms with Gasteiger partial charge in [0.15, 0.2) is 11.5 Å². The maximum Gasteiger partial charge on any atom is 0.273 e. The van der Waals surface area contributed by atoms with E-state index in [1.807, 2.05) is 60.7 Å². The maximum absolute atomic E-state index is 12.2. The molecular weight excluding hydrogens is 344 g/mol. The number of hydrogen-bond donors (Lipinski definition) is 1. The first-order valence-corrected chi connectivity index (χ1v) is 8.42. The molecule has 1 amide bonds. The minimum Gasteiger partial charge on any atom is -0.444 e. The molecule has 4 aromatic rings. The third kappa shape index (κ3) is 4.09. The quantitative estimate of drug-likeness (QED) is 0.567. The van der Waals surface area contributed by atoms with E-state index in [-0.39, 0.29) is 18.1 Å². The molecule has 27 heavy (non-hydrogen) atoms. The fourth-order valence-corrected chi connectivity index (χ4v) is 2.55. The highest BCUT2D eigenvalue weighted by Crippen LogP contribution is 2.17. The van der Waals surface area contributed by atoms with Crippen molar-refractivity contribution < 1.29 is 13.7 Å². The largest absolute Gasteiger partial charge is 0.444 e. The van der Waals surface area contributed by atoms with Gasteiger partial charge in [-0.25, -0.2) is 4.98 Å². The first-order chi connectivity index (χ1) is 13.3. The lowest BCUT2D eigenvalue weighted by Crippen LogP contribution is -2.23. The molecule has 0 bridgehead atoms. The summed E-state index contributed by atoms with van der Waals surface area (Å²) in [5.41, 5.74) is 2.08. The van der Waals surface area contributed by atoms with Crippen LogP contribution in [0, 0.1) is 0 Å². The number of oxazole rings is 1. The van der Waals surface area contributed by atoms with Gasteiger partial charge in [0, 0.05) is 5.56 Å². The predicted molar refractivity (Wildman–Crippen MR) is 96.7 cm³/mol. The van der Waals surface area contributed by atoms with Crippen molar-refractivity contribution in [2.24, 2.45) is 0 Å². The van der Waals surface area contributed by atoms with E-state index in [4.69, 9.17) is 8.94 Å². The number of carbonyl (C=O) groups is 1. The predicted octanol–water partition coefficient (Wildman–Crippen LogP) is 3.25. The van der Waals surface area contributed by atoms with Crippen molar-refractivity contribution in [3.05, 3.63) is 89.9 Å². The third-order valence-corrected chi connectivity index (χ3v) is 3.87. The Balaban J connectivity index is 1.35. The van der Waals surface area contributed by atoms with Crippen LogP contribution in [-0.2, 0) is 13.0 Å². The zero-order valence-electron chi connectivity index (χ0n) is 14.3. The number of nitrogens with one attached hydrogen (secondary N) is 1. The topological polar surface area (TPSA) is 94.1 Å². The molecule has 0 fully saturated rings. The SMILES string of the molecule is O=C(NCc1noc(Cc2ccccc2)n1)c1coc(-c2ccccc2)n1. The minimum absolute atomic E-state index is 0.144. The average molecular weight is 360 g/mol. The van der Waals surface area contributed by atoms with Gasteiger partial charge in [-0.15, -0.1) is 0 Å². The molecule has 134 valence electrons. The van der Waals surface area contributed by atoms with Crippen molar-refractivity contribution in [1.82, 2.24) is 20.4 Å². The van der Waals surface area contributed by atoms with Crippen LogP contribution in [0.2, 0.25) is 0 Å². The monoisotopic (exact) mass is 360 g/mol. The van der Waals surface area contributed by atoms with Crippen LogP contribution in [-0.4, -0.2) is 21.0 Å². The first kappa shape index (κ1) is 16.7. The molecule has 0 aliphatic carbocycles. The number of hydrogen-bond acceptors (Lipinski definition) is 6. The Kier molecular flexibility index (Phi) is 4.74. The number of benzene rings is 2. The van der Waals surface area contributed by atoms with E-state index in [1.165, 1.54) is 6.26 Å². The summed E-state index contributed by atoms with van der Waals surface area (Å²) in [6.45, 7) is 0.144. The molecule has 0 unspecified atom stereocenters. The average Bonchev–Trinajstić information content (AvgIpc) is 3.37. The molecule has 2 aromatic carbocycles. The lowest BCUT2D eigenvalue weighted by Gasteiger charge is -1.98. The summed E-state index contributed by atoms with van der Waals surface area (Å²) in [6.07, 6.45) is 1.88. The fraction of sp³-hybridized carbons (Fsp3) is 0.100. The lowest BCUT2D eigenvalue weighted by atomic mass is 10.1. The molecule has 0 saturated carbocycles. The highest BCUT2D eigenvalue weighted by atomic mass is 16.5. The summed E-state index contributed by atoms with van der Waals surface area (Å²) in [4.78, 5) is 20.7. The van der Waals surface area contributed by atoms with Gasteiger partial charge in [0.25, 0.3) is 5.91 Å². The number of rotatable bonds is 6. The molecule has 7 heteroatoms. The highest BCUT2D eigenvalue weighted by molar-refractivity contribution is 5.92. The molecule has 2 aromatic heterocycles. The van der Waals surface area contributed by atoms with Crippen molar-refractivity contribution in [3.8, 4) is 11.5 Å². The number of aromatic nitrogens is 3. The van der Waals surface area contributed by atoms with Gasteiger partial charge in [-0.2, -0.15) is 4.98 Å². The van der Waals surface area contributed by atoms with Crippen molar-refractivity contribution in [2.75, 3.05) is 0 Å². The van der Waals surface area contributed by atoms with Crippen LogP contribution in [0.4, 0.5) is 0 Å². The normalized spacial score (nSPS) is 10.7. The number of amides is 1. The van der Waals surface area contributed by atoms with E-state index in [0.29, 0.717) is 24.0 Å². The second-order valence-corrected chi connectivity index (χ2v) is 5.85. The molecule has 2 heterocycles. The van der Waals surface area contributed by atoms with E-state index in [0.717, 1.165) is 11.1 Å². The van der Waals surface area contributed by atoms with E-state index in [2.05, 4.69) is 20.4 Å². The lowest BCUT2D eigenvalue weighted by molar-refractivity contribution is 0.0944. The smallest absolute Gasteiger partial charge is 0.273 e. The Bertz CT molecular complexity index is 1030. The van der Waals surface area contributed by atoms with Crippen LogP contribution < -0.4 is 5.32 Å². The van der Waals surface area contributed by atoms with E-state index in [9.17, 15) is 4.79 Å². The molecule has 0 spiro atoms. The number of carbonyl (C=O) groups excluding carboxylic acids is 1. The van der Waals surface area contributed by atoms with E-state index >= 15 is 0 Å². The van der Waals surface area contributed by atoms with Gasteiger partial charge in [0.1, 0.15) is 6.26 Å². The highest BCUT2D eigenvalue weighted by Gasteiger charge is 2.14. The van der Waals surface area contributed by atoms with Gasteiger partial charge in [-0.05, 0) is 17.7 Å². The molecule has 0 aliphatic heterocycles. The van der Waals surface area contributed by atoms with Gasteiger partial charge < -0.3 is 14.3 Å². The molecule has 1 N–H and O–H groups in total. The van der Waals surface area contributed by atoms with Crippen molar-refractivity contribution in [3.63, 3.8) is 0 Å². The summed E-state index contributed by atoms with van der Waals surface area (Å²) in [5.74, 6) is 0.931. The van der Waals surface area contributed by atoms with Gasteiger partial charge >= 0.3 is 0 Å². The zero-order valence-corrected chi connectivity index (χ0v) is 14.3. The summed E-state index contributed by atoms with van der Waals surface area (Å²) in [7, 11) is 0. The van der Waals surface area contributed by atoms with Crippen LogP contribution >= 0.6 is 0 Å². The second-order valence-electron chi connectivity index (χ2n) is 5.85. The first-order valence-electron chi connectivity index (χ1n) is 8.42. The van der Waals surface area contributed by atoms with Crippen molar-refractivity contribution in [1.29, 1.82) is 0 Å². The summed E-state index contributed by atoms with van der Waals surface area (Å²) >= 11 is 0. The van der Waals surface area contributed by atoms with Crippen LogP contribution in [0.3, 0.4) is 0 Å². The molecule has 0 aliphatic rings. The Labute approximate surface area is 155 Å². The Morgan fingerprint density at radius 3 is 2.48 bits per heavy atom. The summed E-state index contributed by atoms with van der Waals surface area (Å²) in [6, 6.07) is 19.2. The van der Waals surface area contributed by atoms with E-state index < -0.39 is 0 Å². The Morgan fingerprint density at radius 2 is 1.70 bits per heavy atom. The van der Waals surface area contributed by atoms with Crippen LogP contribution in [0.1, 0.15) is 27.8 Å². The third-order valence-electron chi connectivity index (χ3n) is 3.87. The van der Waals surface area contributed by atoms with Gasteiger partial charge in [0.05, 0.1) is 13.0 Å². The van der Waals surface area contributed by atoms with Crippen molar-refractivity contribution >= 4 is 5.91 Å². The summed E-state index contributed by atoms with van der Waals surface area (Å²) < 4.78 is 10.6.